The second kappa shape index (κ2) is 10.0. The summed E-state index contributed by atoms with van der Waals surface area (Å²) in [5.74, 6) is -0.199. The average molecular weight is 494 g/mol. The van der Waals surface area contributed by atoms with Crippen LogP contribution >= 0.6 is 0 Å². The molecule has 1 N–H and O–H groups in total. The van der Waals surface area contributed by atoms with Crippen LogP contribution < -0.4 is 9.64 Å². The van der Waals surface area contributed by atoms with Crippen LogP contribution in [0, 0.1) is 5.82 Å². The molecule has 1 saturated heterocycles. The molecule has 0 saturated carbocycles. The fraction of sp³-hybridized carbons (Fsp3) is 0.200. The lowest BCUT2D eigenvalue weighted by Gasteiger charge is -2.34. The minimum Gasteiger partial charge on any atom is -0.486 e. The summed E-state index contributed by atoms with van der Waals surface area (Å²) in [4.78, 5) is 9.32. The number of hydrogen-bond donors (Lipinski definition) is 1. The molecule has 3 heterocycles. The first kappa shape index (κ1) is 23.2. The molecule has 1 aliphatic heterocycles. The zero-order chi connectivity index (χ0) is 25.2. The number of hydrogen-bond acceptors (Lipinski definition) is 5. The maximum atomic E-state index is 14.9. The summed E-state index contributed by atoms with van der Waals surface area (Å²) in [7, 11) is 2.16. The van der Waals surface area contributed by atoms with Crippen LogP contribution in [0.15, 0.2) is 85.1 Å². The van der Waals surface area contributed by atoms with E-state index in [1.54, 1.807) is 6.07 Å². The Kier molecular flexibility index (Phi) is 6.28. The number of fused-ring (bicyclic) bond motifs is 1. The minimum absolute atomic E-state index is 0.218. The number of benzene rings is 3. The Morgan fingerprint density at radius 3 is 2.38 bits per heavy atom. The van der Waals surface area contributed by atoms with Crippen molar-refractivity contribution in [3.05, 3.63) is 96.4 Å². The monoisotopic (exact) mass is 493 g/mol. The van der Waals surface area contributed by atoms with Crippen molar-refractivity contribution in [2.45, 2.75) is 6.61 Å². The number of nitrogens with zero attached hydrogens (tertiary/aromatic N) is 4. The van der Waals surface area contributed by atoms with E-state index in [9.17, 15) is 4.39 Å². The van der Waals surface area contributed by atoms with Crippen molar-refractivity contribution in [2.24, 2.45) is 0 Å². The van der Waals surface area contributed by atoms with Crippen molar-refractivity contribution in [1.82, 2.24) is 20.1 Å². The van der Waals surface area contributed by atoms with E-state index in [4.69, 9.17) is 4.74 Å². The third-order valence-corrected chi connectivity index (χ3v) is 6.94. The predicted octanol–water partition coefficient (Wildman–Crippen LogP) is 5.76. The molecule has 0 aliphatic carbocycles. The number of likely N-dealkylation sites (N-methyl/N-ethyl adjacent to an activating group) is 1. The first-order valence-electron chi connectivity index (χ1n) is 12.5. The summed E-state index contributed by atoms with van der Waals surface area (Å²) in [6.07, 6.45) is 1.83. The van der Waals surface area contributed by atoms with Crippen molar-refractivity contribution in [3.8, 4) is 28.1 Å². The van der Waals surface area contributed by atoms with Crippen molar-refractivity contribution in [1.29, 1.82) is 0 Å². The molecule has 5 aromatic rings. The topological polar surface area (TPSA) is 57.3 Å². The Morgan fingerprint density at radius 1 is 0.865 bits per heavy atom. The van der Waals surface area contributed by atoms with Crippen LogP contribution in [0.4, 0.5) is 10.1 Å². The molecule has 0 bridgehead atoms. The molecule has 6 nitrogen and oxygen atoms in total. The van der Waals surface area contributed by atoms with Gasteiger partial charge in [0.25, 0.3) is 0 Å². The number of H-pyrrole nitrogens is 1. The van der Waals surface area contributed by atoms with E-state index in [-0.39, 0.29) is 5.75 Å². The Hall–Kier alpha value is -4.23. The summed E-state index contributed by atoms with van der Waals surface area (Å²) in [5.41, 5.74) is 6.31. The van der Waals surface area contributed by atoms with Gasteiger partial charge in [-0.2, -0.15) is 5.10 Å². The number of pyridine rings is 1. The third-order valence-electron chi connectivity index (χ3n) is 6.94. The molecule has 37 heavy (non-hydrogen) atoms. The zero-order valence-corrected chi connectivity index (χ0v) is 20.7. The number of halogens is 1. The van der Waals surface area contributed by atoms with Crippen LogP contribution in [-0.4, -0.2) is 53.3 Å². The van der Waals surface area contributed by atoms with Gasteiger partial charge < -0.3 is 14.5 Å². The summed E-state index contributed by atoms with van der Waals surface area (Å²) >= 11 is 0. The molecular formula is C30H28FN5O. The smallest absolute Gasteiger partial charge is 0.181 e. The van der Waals surface area contributed by atoms with Gasteiger partial charge >= 0.3 is 0 Å². The first-order chi connectivity index (χ1) is 18.1. The third kappa shape index (κ3) is 4.90. The number of anilines is 1. The molecule has 2 aromatic heterocycles. The molecule has 0 radical (unpaired) electrons. The van der Waals surface area contributed by atoms with Gasteiger partial charge in [-0.3, -0.25) is 5.10 Å². The number of aromatic amines is 1. The van der Waals surface area contributed by atoms with Gasteiger partial charge in [-0.15, -0.1) is 0 Å². The van der Waals surface area contributed by atoms with Gasteiger partial charge in [0.1, 0.15) is 6.61 Å². The zero-order valence-electron chi connectivity index (χ0n) is 20.7. The lowest BCUT2D eigenvalue weighted by molar-refractivity contribution is 0.290. The summed E-state index contributed by atoms with van der Waals surface area (Å²) in [5, 5.41) is 8.22. The van der Waals surface area contributed by atoms with Gasteiger partial charge in [0.15, 0.2) is 17.2 Å². The van der Waals surface area contributed by atoms with E-state index in [1.165, 1.54) is 11.8 Å². The Morgan fingerprint density at radius 2 is 1.62 bits per heavy atom. The molecule has 1 fully saturated rings. The van der Waals surface area contributed by atoms with Crippen molar-refractivity contribution in [2.75, 3.05) is 38.1 Å². The summed E-state index contributed by atoms with van der Waals surface area (Å²) < 4.78 is 20.6. The van der Waals surface area contributed by atoms with Crippen LogP contribution in [0.5, 0.6) is 5.75 Å². The van der Waals surface area contributed by atoms with Gasteiger partial charge in [0.05, 0.1) is 5.69 Å². The van der Waals surface area contributed by atoms with E-state index >= 15 is 0 Å². The Balaban J connectivity index is 1.23. The highest BCUT2D eigenvalue weighted by molar-refractivity contribution is 5.93. The van der Waals surface area contributed by atoms with E-state index < -0.39 is 5.82 Å². The van der Waals surface area contributed by atoms with Crippen molar-refractivity contribution < 1.29 is 9.13 Å². The second-order valence-corrected chi connectivity index (χ2v) is 9.45. The molecule has 6 rings (SSSR count). The molecule has 7 heteroatoms. The van der Waals surface area contributed by atoms with E-state index in [2.05, 4.69) is 62.4 Å². The normalized spacial score (nSPS) is 14.3. The molecule has 186 valence electrons. The molecule has 0 atom stereocenters. The summed E-state index contributed by atoms with van der Waals surface area (Å²) in [6, 6.07) is 25.4. The van der Waals surface area contributed by atoms with Crippen LogP contribution in [-0.2, 0) is 6.61 Å². The first-order valence-corrected chi connectivity index (χ1v) is 12.5. The second-order valence-electron chi connectivity index (χ2n) is 9.45. The lowest BCUT2D eigenvalue weighted by Crippen LogP contribution is -2.44. The molecule has 0 unspecified atom stereocenters. The number of nitrogens with one attached hydrogen (secondary N) is 1. The highest BCUT2D eigenvalue weighted by atomic mass is 19.1. The molecule has 1 aliphatic rings. The quantitative estimate of drug-likeness (QED) is 0.326. The maximum absolute atomic E-state index is 14.9. The lowest BCUT2D eigenvalue weighted by atomic mass is 10.0. The van der Waals surface area contributed by atoms with Crippen molar-refractivity contribution >= 4 is 16.7 Å². The largest absolute Gasteiger partial charge is 0.486 e. The van der Waals surface area contributed by atoms with Crippen LogP contribution in [0.2, 0.25) is 0 Å². The Bertz CT molecular complexity index is 1510. The van der Waals surface area contributed by atoms with Gasteiger partial charge in [0.2, 0.25) is 0 Å². The highest BCUT2D eigenvalue weighted by Crippen LogP contribution is 2.32. The number of piperazine rings is 1. The fourth-order valence-electron chi connectivity index (χ4n) is 4.72. The fourth-order valence-corrected chi connectivity index (χ4v) is 4.72. The van der Waals surface area contributed by atoms with E-state index in [0.29, 0.717) is 17.8 Å². The van der Waals surface area contributed by atoms with Gasteiger partial charge in [0, 0.05) is 54.6 Å². The molecule has 0 spiro atoms. The Labute approximate surface area is 215 Å². The number of ether oxygens (including phenoxy) is 1. The van der Waals surface area contributed by atoms with Gasteiger partial charge in [-0.1, -0.05) is 42.5 Å². The number of aromatic nitrogens is 3. The van der Waals surface area contributed by atoms with Crippen LogP contribution in [0.3, 0.4) is 0 Å². The van der Waals surface area contributed by atoms with Crippen LogP contribution in [0.1, 0.15) is 5.56 Å². The SMILES string of the molecule is CN1CCN(c2ccc(-c3cnc4n[nH]c(-c5ccc(OCc6ccccc6)c(F)c5)c4c3)cc2)CC1. The summed E-state index contributed by atoms with van der Waals surface area (Å²) in [6.45, 7) is 4.53. The maximum Gasteiger partial charge on any atom is 0.181 e. The average Bonchev–Trinajstić information content (AvgIpc) is 3.37. The van der Waals surface area contributed by atoms with Crippen LogP contribution in [0.25, 0.3) is 33.4 Å². The van der Waals surface area contributed by atoms with E-state index in [0.717, 1.165) is 53.9 Å². The van der Waals surface area contributed by atoms with Gasteiger partial charge in [-0.25, -0.2) is 9.37 Å². The predicted molar refractivity (Wildman–Crippen MR) is 145 cm³/mol. The van der Waals surface area contributed by atoms with Crippen molar-refractivity contribution in [3.63, 3.8) is 0 Å². The highest BCUT2D eigenvalue weighted by Gasteiger charge is 2.16. The standard InChI is InChI=1S/C30H28FN5O/c1-35-13-15-36(16-14-35)25-10-7-22(8-11-25)24-17-26-29(33-34-30(26)32-19-24)23-9-12-28(27(31)18-23)37-20-21-5-3-2-4-6-21/h2-12,17-19H,13-16,20H2,1H3,(H,32,33,34). The molecular weight excluding hydrogens is 465 g/mol. The minimum atomic E-state index is -0.417. The van der Waals surface area contributed by atoms with E-state index in [1.807, 2.05) is 42.6 Å². The number of rotatable bonds is 6. The van der Waals surface area contributed by atoms with Gasteiger partial charge in [-0.05, 0) is 54.6 Å². The molecule has 0 amide bonds. The molecule has 3 aromatic carbocycles.